The Balaban J connectivity index is 1.64. The summed E-state index contributed by atoms with van der Waals surface area (Å²) in [5.41, 5.74) is 1.03. The van der Waals surface area contributed by atoms with E-state index in [1.807, 2.05) is 60.5 Å². The number of benzene rings is 2. The predicted molar refractivity (Wildman–Crippen MR) is 101 cm³/mol. The molecule has 0 unspecified atom stereocenters. The van der Waals surface area contributed by atoms with Crippen molar-refractivity contribution in [3.63, 3.8) is 0 Å². The van der Waals surface area contributed by atoms with Crippen LogP contribution in [0.5, 0.6) is 17.2 Å². The summed E-state index contributed by atoms with van der Waals surface area (Å²) in [6.45, 7) is 1.98. The van der Waals surface area contributed by atoms with Gasteiger partial charge in [0.25, 0.3) is 0 Å². The summed E-state index contributed by atoms with van der Waals surface area (Å²) in [6, 6.07) is 15.1. The highest BCUT2D eigenvalue weighted by Gasteiger charge is 2.07. The van der Waals surface area contributed by atoms with E-state index in [2.05, 4.69) is 5.32 Å². The van der Waals surface area contributed by atoms with Gasteiger partial charge in [0.05, 0.1) is 20.8 Å². The van der Waals surface area contributed by atoms with Crippen molar-refractivity contribution < 1.29 is 19.0 Å². The quantitative estimate of drug-likeness (QED) is 0.706. The summed E-state index contributed by atoms with van der Waals surface area (Å²) in [7, 11) is 5.15. The minimum absolute atomic E-state index is 0.0206. The monoisotopic (exact) mass is 358 g/mol. The average molecular weight is 358 g/mol. The van der Waals surface area contributed by atoms with Crippen molar-refractivity contribution in [3.05, 3.63) is 54.1 Å². The maximum atomic E-state index is 12.0. The molecule has 0 saturated heterocycles. The maximum Gasteiger partial charge on any atom is 0.234 e. The number of ether oxygens (including phenoxy) is 3. The van der Waals surface area contributed by atoms with Gasteiger partial charge in [0.2, 0.25) is 5.91 Å². The lowest BCUT2D eigenvalue weighted by molar-refractivity contribution is -0.122. The van der Waals surface area contributed by atoms with Crippen LogP contribution in [-0.4, -0.2) is 51.8 Å². The van der Waals surface area contributed by atoms with E-state index >= 15 is 0 Å². The van der Waals surface area contributed by atoms with Crippen LogP contribution in [0.25, 0.3) is 0 Å². The van der Waals surface area contributed by atoms with Crippen LogP contribution < -0.4 is 19.5 Å². The van der Waals surface area contributed by atoms with Crippen LogP contribution in [0.2, 0.25) is 0 Å². The topological polar surface area (TPSA) is 60.0 Å². The van der Waals surface area contributed by atoms with Gasteiger partial charge in [-0.25, -0.2) is 0 Å². The first kappa shape index (κ1) is 19.6. The number of methoxy groups -OCH3 is 2. The first-order valence-corrected chi connectivity index (χ1v) is 8.45. The van der Waals surface area contributed by atoms with Gasteiger partial charge >= 0.3 is 0 Å². The van der Waals surface area contributed by atoms with Crippen molar-refractivity contribution in [2.24, 2.45) is 0 Å². The van der Waals surface area contributed by atoms with Crippen molar-refractivity contribution in [2.75, 3.05) is 41.0 Å². The maximum absolute atomic E-state index is 12.0. The van der Waals surface area contributed by atoms with Gasteiger partial charge in [-0.15, -0.1) is 0 Å². The summed E-state index contributed by atoms with van der Waals surface area (Å²) >= 11 is 0. The van der Waals surface area contributed by atoms with Gasteiger partial charge in [-0.3, -0.25) is 9.69 Å². The molecular formula is C20H26N2O4. The Labute approximate surface area is 154 Å². The number of rotatable bonds is 10. The number of hydrogen-bond donors (Lipinski definition) is 1. The van der Waals surface area contributed by atoms with Gasteiger partial charge in [-0.1, -0.05) is 12.1 Å². The number of nitrogens with zero attached hydrogens (tertiary/aromatic N) is 1. The Morgan fingerprint density at radius 2 is 1.46 bits per heavy atom. The van der Waals surface area contributed by atoms with E-state index < -0.39 is 0 Å². The summed E-state index contributed by atoms with van der Waals surface area (Å²) in [5.74, 6) is 2.36. The Morgan fingerprint density at radius 1 is 0.923 bits per heavy atom. The molecule has 0 aliphatic heterocycles. The van der Waals surface area contributed by atoms with Crippen molar-refractivity contribution in [2.45, 2.75) is 6.54 Å². The van der Waals surface area contributed by atoms with Crippen LogP contribution in [0.4, 0.5) is 0 Å². The SMILES string of the molecule is COc1ccc(CNC(=O)CN(C)CCOc2ccc(OC)cc2)cc1. The van der Waals surface area contributed by atoms with E-state index in [1.165, 1.54) is 0 Å². The highest BCUT2D eigenvalue weighted by Crippen LogP contribution is 2.16. The number of hydrogen-bond acceptors (Lipinski definition) is 5. The van der Waals surface area contributed by atoms with Gasteiger partial charge in [-0.2, -0.15) is 0 Å². The van der Waals surface area contributed by atoms with E-state index in [-0.39, 0.29) is 5.91 Å². The number of amides is 1. The standard InChI is InChI=1S/C20H26N2O4/c1-22(12-13-26-19-10-8-18(25-3)9-11-19)15-20(23)21-14-16-4-6-17(24-2)7-5-16/h4-11H,12-15H2,1-3H3,(H,21,23). The molecule has 0 aromatic heterocycles. The Morgan fingerprint density at radius 3 is 2.04 bits per heavy atom. The Hall–Kier alpha value is -2.73. The molecule has 1 N–H and O–H groups in total. The summed E-state index contributed by atoms with van der Waals surface area (Å²) in [4.78, 5) is 13.9. The molecule has 140 valence electrons. The zero-order valence-corrected chi connectivity index (χ0v) is 15.5. The first-order valence-electron chi connectivity index (χ1n) is 8.45. The molecule has 1 amide bonds. The molecule has 2 aromatic carbocycles. The highest BCUT2D eigenvalue weighted by atomic mass is 16.5. The van der Waals surface area contributed by atoms with E-state index in [0.717, 1.165) is 22.8 Å². The normalized spacial score (nSPS) is 10.5. The number of carbonyl (C=O) groups excluding carboxylic acids is 1. The van der Waals surface area contributed by atoms with Crippen LogP contribution in [0, 0.1) is 0 Å². The van der Waals surface area contributed by atoms with Gasteiger partial charge in [0, 0.05) is 13.1 Å². The molecule has 26 heavy (non-hydrogen) atoms. The van der Waals surface area contributed by atoms with Crippen LogP contribution in [-0.2, 0) is 11.3 Å². The molecule has 0 atom stereocenters. The van der Waals surface area contributed by atoms with Gasteiger partial charge in [0.15, 0.2) is 0 Å². The molecule has 0 bridgehead atoms. The van der Waals surface area contributed by atoms with E-state index in [1.54, 1.807) is 14.2 Å². The summed E-state index contributed by atoms with van der Waals surface area (Å²) in [6.07, 6.45) is 0. The second kappa shape index (κ2) is 10.3. The predicted octanol–water partition coefficient (Wildman–Crippen LogP) is 2.33. The van der Waals surface area contributed by atoms with Crippen molar-refractivity contribution in [1.29, 1.82) is 0 Å². The van der Waals surface area contributed by atoms with Gasteiger partial charge in [0.1, 0.15) is 23.9 Å². The van der Waals surface area contributed by atoms with Gasteiger partial charge in [-0.05, 0) is 49.0 Å². The fourth-order valence-corrected chi connectivity index (χ4v) is 2.32. The number of carbonyl (C=O) groups is 1. The van der Waals surface area contributed by atoms with Gasteiger partial charge < -0.3 is 19.5 Å². The minimum Gasteiger partial charge on any atom is -0.497 e. The molecule has 0 aliphatic rings. The molecular weight excluding hydrogens is 332 g/mol. The zero-order chi connectivity index (χ0) is 18.8. The first-order chi connectivity index (χ1) is 12.6. The molecule has 0 saturated carbocycles. The third-order valence-corrected chi connectivity index (χ3v) is 3.86. The van der Waals surface area contributed by atoms with Crippen LogP contribution in [0.15, 0.2) is 48.5 Å². The van der Waals surface area contributed by atoms with E-state index in [9.17, 15) is 4.79 Å². The molecule has 0 spiro atoms. The zero-order valence-electron chi connectivity index (χ0n) is 15.5. The lowest BCUT2D eigenvalue weighted by Crippen LogP contribution is -2.36. The molecule has 0 fully saturated rings. The largest absolute Gasteiger partial charge is 0.497 e. The Kier molecular flexibility index (Phi) is 7.76. The van der Waals surface area contributed by atoms with Crippen LogP contribution in [0.1, 0.15) is 5.56 Å². The van der Waals surface area contributed by atoms with Crippen molar-refractivity contribution in [3.8, 4) is 17.2 Å². The third-order valence-electron chi connectivity index (χ3n) is 3.86. The minimum atomic E-state index is -0.0206. The fraction of sp³-hybridized carbons (Fsp3) is 0.350. The molecule has 2 aromatic rings. The molecule has 0 aliphatic carbocycles. The Bertz CT molecular complexity index is 671. The lowest BCUT2D eigenvalue weighted by Gasteiger charge is -2.17. The second-order valence-electron chi connectivity index (χ2n) is 5.89. The fourth-order valence-electron chi connectivity index (χ4n) is 2.32. The summed E-state index contributed by atoms with van der Waals surface area (Å²) < 4.78 is 15.9. The van der Waals surface area contributed by atoms with E-state index in [4.69, 9.17) is 14.2 Å². The average Bonchev–Trinajstić information content (AvgIpc) is 2.67. The summed E-state index contributed by atoms with van der Waals surface area (Å²) in [5, 5.41) is 2.91. The smallest absolute Gasteiger partial charge is 0.234 e. The molecule has 0 heterocycles. The number of nitrogens with one attached hydrogen (secondary N) is 1. The molecule has 0 radical (unpaired) electrons. The third kappa shape index (κ3) is 6.64. The number of likely N-dealkylation sites (N-methyl/N-ethyl adjacent to an activating group) is 1. The molecule has 6 nitrogen and oxygen atoms in total. The van der Waals surface area contributed by atoms with Crippen LogP contribution >= 0.6 is 0 Å². The molecule has 6 heteroatoms. The highest BCUT2D eigenvalue weighted by molar-refractivity contribution is 5.77. The van der Waals surface area contributed by atoms with Crippen molar-refractivity contribution >= 4 is 5.91 Å². The lowest BCUT2D eigenvalue weighted by atomic mass is 10.2. The van der Waals surface area contributed by atoms with Crippen LogP contribution in [0.3, 0.4) is 0 Å². The van der Waals surface area contributed by atoms with E-state index in [0.29, 0.717) is 26.2 Å². The second-order valence-corrected chi connectivity index (χ2v) is 5.89. The molecule has 2 rings (SSSR count). The van der Waals surface area contributed by atoms with Crippen molar-refractivity contribution in [1.82, 2.24) is 10.2 Å².